The van der Waals surface area contributed by atoms with E-state index in [0.717, 1.165) is 42.9 Å². The van der Waals surface area contributed by atoms with Crippen LogP contribution in [-0.2, 0) is 4.79 Å². The Bertz CT molecular complexity index is 433. The van der Waals surface area contributed by atoms with E-state index in [1.165, 1.54) is 6.42 Å². The van der Waals surface area contributed by atoms with Crippen LogP contribution in [0, 0.1) is 6.92 Å². The Morgan fingerprint density at radius 1 is 1.47 bits per heavy atom. The van der Waals surface area contributed by atoms with Crippen LogP contribution >= 0.6 is 11.3 Å². The van der Waals surface area contributed by atoms with Crippen LogP contribution in [0.2, 0.25) is 0 Å². The molecule has 0 spiro atoms. The Hall–Kier alpha value is -0.940. The molecule has 0 amide bonds. The second-order valence-corrected chi connectivity index (χ2v) is 6.32. The van der Waals surface area contributed by atoms with E-state index < -0.39 is 5.97 Å². The van der Waals surface area contributed by atoms with Crippen molar-refractivity contribution in [3.05, 3.63) is 16.1 Å². The molecule has 19 heavy (non-hydrogen) atoms. The van der Waals surface area contributed by atoms with Gasteiger partial charge in [-0.3, -0.25) is 9.69 Å². The minimum atomic E-state index is -0.694. The lowest BCUT2D eigenvalue weighted by Crippen LogP contribution is -2.44. The molecule has 1 N–H and O–H groups in total. The van der Waals surface area contributed by atoms with Gasteiger partial charge in [0.15, 0.2) is 0 Å². The SMILES string of the molecule is Cc1nc(C(C)N2CCCCCCC2C(=O)O)cs1. The van der Waals surface area contributed by atoms with Crippen molar-refractivity contribution >= 4 is 17.3 Å². The number of thiazole rings is 1. The van der Waals surface area contributed by atoms with Crippen LogP contribution in [-0.4, -0.2) is 33.5 Å². The standard InChI is InChI=1S/C14H22N2O2S/c1-10(12-9-19-11(2)15-12)16-8-6-4-3-5-7-13(16)14(17)18/h9-10,13H,3-8H2,1-2H3,(H,17,18). The first kappa shape index (κ1) is 14.5. The monoisotopic (exact) mass is 282 g/mol. The molecular weight excluding hydrogens is 260 g/mol. The lowest BCUT2D eigenvalue weighted by molar-refractivity contribution is -0.145. The topological polar surface area (TPSA) is 53.4 Å². The fourth-order valence-electron chi connectivity index (χ4n) is 2.78. The van der Waals surface area contributed by atoms with Gasteiger partial charge in [-0.15, -0.1) is 11.3 Å². The highest BCUT2D eigenvalue weighted by Crippen LogP contribution is 2.28. The molecule has 1 aromatic heterocycles. The van der Waals surface area contributed by atoms with Gasteiger partial charge in [0.1, 0.15) is 6.04 Å². The summed E-state index contributed by atoms with van der Waals surface area (Å²) >= 11 is 1.63. The van der Waals surface area contributed by atoms with Crippen molar-refractivity contribution in [2.45, 2.75) is 58.0 Å². The second-order valence-electron chi connectivity index (χ2n) is 5.26. The van der Waals surface area contributed by atoms with Gasteiger partial charge in [0.25, 0.3) is 0 Å². The van der Waals surface area contributed by atoms with Crippen LogP contribution in [0.3, 0.4) is 0 Å². The number of hydrogen-bond acceptors (Lipinski definition) is 4. The lowest BCUT2D eigenvalue weighted by atomic mass is 9.99. The zero-order valence-electron chi connectivity index (χ0n) is 11.6. The van der Waals surface area contributed by atoms with Crippen molar-refractivity contribution in [1.82, 2.24) is 9.88 Å². The van der Waals surface area contributed by atoms with E-state index in [2.05, 4.69) is 22.2 Å². The molecule has 5 heteroatoms. The summed E-state index contributed by atoms with van der Waals surface area (Å²) in [5.41, 5.74) is 1.01. The highest BCUT2D eigenvalue weighted by Gasteiger charge is 2.31. The molecule has 0 aromatic carbocycles. The van der Waals surface area contributed by atoms with E-state index in [1.54, 1.807) is 11.3 Å². The maximum atomic E-state index is 11.5. The Labute approximate surface area is 118 Å². The summed E-state index contributed by atoms with van der Waals surface area (Å²) in [7, 11) is 0. The van der Waals surface area contributed by atoms with Crippen molar-refractivity contribution in [1.29, 1.82) is 0 Å². The third-order valence-electron chi connectivity index (χ3n) is 3.89. The van der Waals surface area contributed by atoms with Crippen molar-refractivity contribution in [2.75, 3.05) is 6.54 Å². The van der Waals surface area contributed by atoms with Crippen LogP contribution in [0.4, 0.5) is 0 Å². The van der Waals surface area contributed by atoms with E-state index in [9.17, 15) is 9.90 Å². The van der Waals surface area contributed by atoms with E-state index in [-0.39, 0.29) is 12.1 Å². The first-order valence-electron chi connectivity index (χ1n) is 7.00. The molecule has 1 aliphatic heterocycles. The van der Waals surface area contributed by atoms with Gasteiger partial charge in [0.05, 0.1) is 16.7 Å². The third kappa shape index (κ3) is 3.54. The van der Waals surface area contributed by atoms with Gasteiger partial charge < -0.3 is 5.11 Å². The van der Waals surface area contributed by atoms with Gasteiger partial charge in [-0.2, -0.15) is 0 Å². The Kier molecular flexibility index (Phi) is 4.93. The maximum Gasteiger partial charge on any atom is 0.320 e. The van der Waals surface area contributed by atoms with Crippen molar-refractivity contribution in [2.24, 2.45) is 0 Å². The minimum Gasteiger partial charge on any atom is -0.480 e. The molecule has 106 valence electrons. The summed E-state index contributed by atoms with van der Waals surface area (Å²) in [5.74, 6) is -0.694. The number of likely N-dealkylation sites (tertiary alicyclic amines) is 1. The molecule has 0 aliphatic carbocycles. The molecule has 0 bridgehead atoms. The van der Waals surface area contributed by atoms with Gasteiger partial charge in [-0.05, 0) is 33.2 Å². The van der Waals surface area contributed by atoms with Crippen molar-refractivity contribution in [3.8, 4) is 0 Å². The largest absolute Gasteiger partial charge is 0.480 e. The maximum absolute atomic E-state index is 11.5. The first-order valence-corrected chi connectivity index (χ1v) is 7.88. The van der Waals surface area contributed by atoms with E-state index in [1.807, 2.05) is 6.92 Å². The Balaban J connectivity index is 2.18. The van der Waals surface area contributed by atoms with Gasteiger partial charge in [0.2, 0.25) is 0 Å². The van der Waals surface area contributed by atoms with Crippen LogP contribution in [0.25, 0.3) is 0 Å². The minimum absolute atomic E-state index is 0.0872. The summed E-state index contributed by atoms with van der Waals surface area (Å²) in [6.45, 7) is 4.92. The molecule has 1 fully saturated rings. The van der Waals surface area contributed by atoms with E-state index in [4.69, 9.17) is 0 Å². The number of aromatic nitrogens is 1. The average Bonchev–Trinajstić information content (AvgIpc) is 2.74. The van der Waals surface area contributed by atoms with Crippen LogP contribution in [0.1, 0.15) is 55.8 Å². The normalized spacial score (nSPS) is 23.6. The summed E-state index contributed by atoms with van der Waals surface area (Å²) in [5, 5.41) is 12.6. The lowest BCUT2D eigenvalue weighted by Gasteiger charge is -2.34. The van der Waals surface area contributed by atoms with E-state index >= 15 is 0 Å². The molecule has 1 aliphatic rings. The molecule has 0 radical (unpaired) electrons. The molecule has 0 saturated carbocycles. The fourth-order valence-corrected chi connectivity index (χ4v) is 3.48. The molecular formula is C14H22N2O2S. The van der Waals surface area contributed by atoms with Gasteiger partial charge >= 0.3 is 5.97 Å². The third-order valence-corrected chi connectivity index (χ3v) is 4.68. The quantitative estimate of drug-likeness (QED) is 0.924. The number of carboxylic acids is 1. The average molecular weight is 282 g/mol. The highest BCUT2D eigenvalue weighted by molar-refractivity contribution is 7.09. The number of aliphatic carboxylic acids is 1. The predicted molar refractivity (Wildman–Crippen MR) is 76.5 cm³/mol. The fraction of sp³-hybridized carbons (Fsp3) is 0.714. The molecule has 2 rings (SSSR count). The molecule has 4 nitrogen and oxygen atoms in total. The van der Waals surface area contributed by atoms with Crippen LogP contribution < -0.4 is 0 Å². The summed E-state index contributed by atoms with van der Waals surface area (Å²) in [4.78, 5) is 18.1. The summed E-state index contributed by atoms with van der Waals surface area (Å²) in [6, 6.07) is -0.276. The molecule has 2 heterocycles. The zero-order valence-corrected chi connectivity index (χ0v) is 12.4. The highest BCUT2D eigenvalue weighted by atomic mass is 32.1. The van der Waals surface area contributed by atoms with Crippen LogP contribution in [0.5, 0.6) is 0 Å². The summed E-state index contributed by atoms with van der Waals surface area (Å²) < 4.78 is 0. The van der Waals surface area contributed by atoms with E-state index in [0.29, 0.717) is 0 Å². The molecule has 2 unspecified atom stereocenters. The smallest absolute Gasteiger partial charge is 0.320 e. The molecule has 1 aromatic rings. The summed E-state index contributed by atoms with van der Waals surface area (Å²) in [6.07, 6.45) is 5.20. The van der Waals surface area contributed by atoms with Crippen molar-refractivity contribution < 1.29 is 9.90 Å². The first-order chi connectivity index (χ1) is 9.09. The van der Waals surface area contributed by atoms with Gasteiger partial charge in [-0.25, -0.2) is 4.98 Å². The number of aryl methyl sites for hydroxylation is 1. The zero-order chi connectivity index (χ0) is 13.8. The van der Waals surface area contributed by atoms with Crippen molar-refractivity contribution in [3.63, 3.8) is 0 Å². The molecule has 1 saturated heterocycles. The predicted octanol–water partition coefficient (Wildman–Crippen LogP) is 3.23. The van der Waals surface area contributed by atoms with Gasteiger partial charge in [0, 0.05) is 5.38 Å². The number of carboxylic acid groups (broad SMARTS) is 1. The number of hydrogen-bond donors (Lipinski definition) is 1. The Morgan fingerprint density at radius 3 is 2.84 bits per heavy atom. The molecule has 2 atom stereocenters. The Morgan fingerprint density at radius 2 is 2.21 bits per heavy atom. The second kappa shape index (κ2) is 6.48. The number of nitrogens with zero attached hydrogens (tertiary/aromatic N) is 2. The van der Waals surface area contributed by atoms with Gasteiger partial charge in [-0.1, -0.05) is 19.3 Å². The van der Waals surface area contributed by atoms with Crippen LogP contribution in [0.15, 0.2) is 5.38 Å². The number of carbonyl (C=O) groups is 1. The number of rotatable bonds is 3.